The zero-order valence-corrected chi connectivity index (χ0v) is 14.0. The van der Waals surface area contributed by atoms with Crippen molar-refractivity contribution in [3.63, 3.8) is 0 Å². The second kappa shape index (κ2) is 9.62. The summed E-state index contributed by atoms with van der Waals surface area (Å²) in [6, 6.07) is 6.09. The van der Waals surface area contributed by atoms with E-state index >= 15 is 0 Å². The molecule has 0 aliphatic carbocycles. The van der Waals surface area contributed by atoms with Crippen molar-refractivity contribution in [3.8, 4) is 0 Å². The topological polar surface area (TPSA) is 38.0 Å². The van der Waals surface area contributed by atoms with E-state index in [0.29, 0.717) is 10.0 Å². The van der Waals surface area contributed by atoms with Gasteiger partial charge in [0.15, 0.2) is 0 Å². The molecule has 20 heavy (non-hydrogen) atoms. The molecule has 3 N–H and O–H groups in total. The minimum absolute atomic E-state index is 0.286. The number of rotatable bonds is 9. The van der Waals surface area contributed by atoms with Crippen LogP contribution in [0.15, 0.2) is 18.2 Å². The lowest BCUT2D eigenvalue weighted by molar-refractivity contribution is 0.350. The van der Waals surface area contributed by atoms with Gasteiger partial charge >= 0.3 is 0 Å². The third-order valence-electron chi connectivity index (χ3n) is 3.86. The zero-order valence-electron chi connectivity index (χ0n) is 12.5. The highest BCUT2D eigenvalue weighted by atomic mass is 35.5. The quantitative estimate of drug-likeness (QED) is 0.498. The number of hydrogen-bond donors (Lipinski definition) is 2. The summed E-state index contributed by atoms with van der Waals surface area (Å²) in [6.07, 6.45) is 7.03. The summed E-state index contributed by atoms with van der Waals surface area (Å²) in [5.74, 6) is 6.45. The molecule has 2 atom stereocenters. The lowest BCUT2D eigenvalue weighted by Crippen LogP contribution is -2.38. The Morgan fingerprint density at radius 3 is 2.50 bits per heavy atom. The Bertz CT molecular complexity index is 396. The van der Waals surface area contributed by atoms with Crippen molar-refractivity contribution >= 4 is 23.2 Å². The van der Waals surface area contributed by atoms with Crippen molar-refractivity contribution in [3.05, 3.63) is 33.8 Å². The normalized spacial score (nSPS) is 14.2. The third-order valence-corrected chi connectivity index (χ3v) is 4.60. The van der Waals surface area contributed by atoms with Crippen molar-refractivity contribution < 1.29 is 0 Å². The predicted molar refractivity (Wildman–Crippen MR) is 89.2 cm³/mol. The van der Waals surface area contributed by atoms with Crippen LogP contribution in [0.2, 0.25) is 10.0 Å². The van der Waals surface area contributed by atoms with Crippen molar-refractivity contribution in [1.29, 1.82) is 0 Å². The van der Waals surface area contributed by atoms with E-state index in [1.54, 1.807) is 0 Å². The summed E-state index contributed by atoms with van der Waals surface area (Å²) in [4.78, 5) is 0. The fraction of sp³-hybridized carbons (Fsp3) is 0.625. The molecule has 1 rings (SSSR count). The van der Waals surface area contributed by atoms with Crippen LogP contribution in [0.3, 0.4) is 0 Å². The molecule has 0 bridgehead atoms. The maximum atomic E-state index is 6.06. The number of hydrazine groups is 1. The van der Waals surface area contributed by atoms with Gasteiger partial charge in [-0.2, -0.15) is 0 Å². The standard InChI is InChI=1S/C16H26Cl2N2/c1-3-5-6-12(4-2)9-14(20-19)10-13-7-8-15(17)16(18)11-13/h7-8,11-12,14,20H,3-6,9-10,19H2,1-2H3. The highest BCUT2D eigenvalue weighted by molar-refractivity contribution is 6.42. The second-order valence-corrected chi connectivity index (χ2v) is 6.28. The molecular weight excluding hydrogens is 291 g/mol. The smallest absolute Gasteiger partial charge is 0.0595 e. The first-order valence-electron chi connectivity index (χ1n) is 7.50. The number of benzene rings is 1. The molecule has 0 fully saturated rings. The van der Waals surface area contributed by atoms with Gasteiger partial charge in [-0.05, 0) is 36.5 Å². The molecule has 0 saturated heterocycles. The van der Waals surface area contributed by atoms with Crippen molar-refractivity contribution in [2.24, 2.45) is 11.8 Å². The molecule has 4 heteroatoms. The van der Waals surface area contributed by atoms with Crippen molar-refractivity contribution in [2.75, 3.05) is 0 Å². The predicted octanol–water partition coefficient (Wildman–Crippen LogP) is 4.97. The lowest BCUT2D eigenvalue weighted by atomic mass is 9.90. The van der Waals surface area contributed by atoms with E-state index in [1.165, 1.54) is 31.2 Å². The van der Waals surface area contributed by atoms with Gasteiger partial charge in [0.2, 0.25) is 0 Å². The fourth-order valence-corrected chi connectivity index (χ4v) is 2.87. The molecular formula is C16H26Cl2N2. The van der Waals surface area contributed by atoms with Gasteiger partial charge in [-0.3, -0.25) is 11.3 Å². The lowest BCUT2D eigenvalue weighted by Gasteiger charge is -2.22. The zero-order chi connectivity index (χ0) is 15.0. The monoisotopic (exact) mass is 316 g/mol. The van der Waals surface area contributed by atoms with Gasteiger partial charge in [-0.25, -0.2) is 0 Å². The van der Waals surface area contributed by atoms with E-state index in [1.807, 2.05) is 18.2 Å². The first-order valence-corrected chi connectivity index (χ1v) is 8.26. The van der Waals surface area contributed by atoms with Gasteiger partial charge in [0, 0.05) is 6.04 Å². The van der Waals surface area contributed by atoms with E-state index in [4.69, 9.17) is 29.0 Å². The molecule has 0 radical (unpaired) electrons. The van der Waals surface area contributed by atoms with Gasteiger partial charge in [0.1, 0.15) is 0 Å². The first kappa shape index (κ1) is 17.8. The van der Waals surface area contributed by atoms with Gasteiger partial charge < -0.3 is 0 Å². The molecule has 1 aromatic rings. The number of unbranched alkanes of at least 4 members (excludes halogenated alkanes) is 1. The van der Waals surface area contributed by atoms with Crippen LogP contribution in [-0.4, -0.2) is 6.04 Å². The molecule has 0 aliphatic heterocycles. The molecule has 0 amide bonds. The van der Waals surface area contributed by atoms with E-state index in [9.17, 15) is 0 Å². The fourth-order valence-electron chi connectivity index (χ4n) is 2.55. The first-order chi connectivity index (χ1) is 9.60. The van der Waals surface area contributed by atoms with E-state index < -0.39 is 0 Å². The van der Waals surface area contributed by atoms with Gasteiger partial charge in [0.05, 0.1) is 10.0 Å². The Morgan fingerprint density at radius 1 is 1.20 bits per heavy atom. The van der Waals surface area contributed by atoms with Crippen LogP contribution in [0.5, 0.6) is 0 Å². The number of nitrogens with one attached hydrogen (secondary N) is 1. The van der Waals surface area contributed by atoms with Crippen LogP contribution in [0.25, 0.3) is 0 Å². The summed E-state index contributed by atoms with van der Waals surface area (Å²) < 4.78 is 0. The third kappa shape index (κ3) is 6.01. The summed E-state index contributed by atoms with van der Waals surface area (Å²) in [7, 11) is 0. The van der Waals surface area contributed by atoms with E-state index in [2.05, 4.69) is 19.3 Å². The highest BCUT2D eigenvalue weighted by Crippen LogP contribution is 2.25. The van der Waals surface area contributed by atoms with Crippen LogP contribution < -0.4 is 11.3 Å². The Balaban J connectivity index is 2.58. The summed E-state index contributed by atoms with van der Waals surface area (Å²) >= 11 is 12.0. The SMILES string of the molecule is CCCCC(CC)CC(Cc1ccc(Cl)c(Cl)c1)NN. The van der Waals surface area contributed by atoms with Crippen LogP contribution >= 0.6 is 23.2 Å². The largest absolute Gasteiger partial charge is 0.271 e. The Hall–Kier alpha value is -0.280. The molecule has 0 heterocycles. The summed E-state index contributed by atoms with van der Waals surface area (Å²) in [6.45, 7) is 4.49. The van der Waals surface area contributed by atoms with Gasteiger partial charge in [-0.15, -0.1) is 0 Å². The molecule has 1 aromatic carbocycles. The molecule has 0 spiro atoms. The Morgan fingerprint density at radius 2 is 1.95 bits per heavy atom. The van der Waals surface area contributed by atoms with Crippen molar-refractivity contribution in [2.45, 2.75) is 58.4 Å². The number of hydrogen-bond acceptors (Lipinski definition) is 2. The minimum atomic E-state index is 0.286. The van der Waals surface area contributed by atoms with Gasteiger partial charge in [-0.1, -0.05) is 68.8 Å². The maximum absolute atomic E-state index is 6.06. The van der Waals surface area contributed by atoms with Gasteiger partial charge in [0.25, 0.3) is 0 Å². The molecule has 0 aromatic heterocycles. The molecule has 0 aliphatic rings. The van der Waals surface area contributed by atoms with E-state index in [0.717, 1.165) is 18.8 Å². The van der Waals surface area contributed by atoms with Crippen LogP contribution in [0.1, 0.15) is 51.5 Å². The average Bonchev–Trinajstić information content (AvgIpc) is 2.46. The Kier molecular flexibility index (Phi) is 8.55. The maximum Gasteiger partial charge on any atom is 0.0595 e. The molecule has 114 valence electrons. The number of nitrogens with two attached hydrogens (primary N) is 1. The van der Waals surface area contributed by atoms with E-state index in [-0.39, 0.29) is 6.04 Å². The molecule has 2 unspecified atom stereocenters. The highest BCUT2D eigenvalue weighted by Gasteiger charge is 2.15. The van der Waals surface area contributed by atoms with Crippen LogP contribution in [0.4, 0.5) is 0 Å². The summed E-state index contributed by atoms with van der Waals surface area (Å²) in [5.41, 5.74) is 4.12. The molecule has 0 saturated carbocycles. The van der Waals surface area contributed by atoms with Crippen LogP contribution in [0, 0.1) is 5.92 Å². The van der Waals surface area contributed by atoms with Crippen LogP contribution in [-0.2, 0) is 6.42 Å². The minimum Gasteiger partial charge on any atom is -0.271 e. The Labute approximate surface area is 133 Å². The molecule has 2 nitrogen and oxygen atoms in total. The number of halogens is 2. The average molecular weight is 317 g/mol. The van der Waals surface area contributed by atoms with Crippen molar-refractivity contribution in [1.82, 2.24) is 5.43 Å². The summed E-state index contributed by atoms with van der Waals surface area (Å²) in [5, 5.41) is 1.21. The second-order valence-electron chi connectivity index (χ2n) is 5.47.